The minimum atomic E-state index is -0.260. The van der Waals surface area contributed by atoms with Crippen LogP contribution in [-0.2, 0) is 0 Å². The number of nitrogens with two attached hydrogens (primary N) is 1. The summed E-state index contributed by atoms with van der Waals surface area (Å²) in [5, 5.41) is 0. The molecule has 3 heteroatoms. The van der Waals surface area contributed by atoms with Crippen LogP contribution >= 0.6 is 0 Å². The van der Waals surface area contributed by atoms with Crippen LogP contribution < -0.4 is 10.5 Å². The number of anilines is 1. The fourth-order valence-corrected chi connectivity index (χ4v) is 1.63. The third kappa shape index (κ3) is 2.56. The van der Waals surface area contributed by atoms with Crippen molar-refractivity contribution in [3.8, 4) is 11.5 Å². The molecule has 2 aromatic rings. The highest BCUT2D eigenvalue weighted by molar-refractivity contribution is 5.49. The minimum Gasteiger partial charge on any atom is -0.457 e. The van der Waals surface area contributed by atoms with Gasteiger partial charge in [0.2, 0.25) is 0 Å². The van der Waals surface area contributed by atoms with Crippen molar-refractivity contribution < 1.29 is 9.13 Å². The first kappa shape index (κ1) is 11.5. The van der Waals surface area contributed by atoms with Crippen LogP contribution in [0.1, 0.15) is 11.1 Å². The molecule has 88 valence electrons. The first-order valence-corrected chi connectivity index (χ1v) is 5.36. The van der Waals surface area contributed by atoms with E-state index in [0.29, 0.717) is 11.4 Å². The van der Waals surface area contributed by atoms with Crippen molar-refractivity contribution in [2.24, 2.45) is 0 Å². The lowest BCUT2D eigenvalue weighted by molar-refractivity contribution is 0.473. The molecule has 0 bridgehead atoms. The Morgan fingerprint density at radius 1 is 0.941 bits per heavy atom. The van der Waals surface area contributed by atoms with Gasteiger partial charge in [-0.3, -0.25) is 0 Å². The summed E-state index contributed by atoms with van der Waals surface area (Å²) in [6.45, 7) is 3.73. The monoisotopic (exact) mass is 231 g/mol. The highest BCUT2D eigenvalue weighted by atomic mass is 19.1. The van der Waals surface area contributed by atoms with Crippen LogP contribution in [0.3, 0.4) is 0 Å². The number of benzene rings is 2. The van der Waals surface area contributed by atoms with E-state index in [1.807, 2.05) is 26.0 Å². The summed E-state index contributed by atoms with van der Waals surface area (Å²) in [5.74, 6) is 1.12. The Morgan fingerprint density at radius 3 is 2.12 bits per heavy atom. The summed E-state index contributed by atoms with van der Waals surface area (Å²) in [6.07, 6.45) is 0. The van der Waals surface area contributed by atoms with E-state index in [-0.39, 0.29) is 5.82 Å². The van der Waals surface area contributed by atoms with Crippen molar-refractivity contribution in [3.05, 3.63) is 53.3 Å². The molecule has 0 atom stereocenters. The molecule has 2 aromatic carbocycles. The lowest BCUT2D eigenvalue weighted by Crippen LogP contribution is -1.92. The molecule has 0 aliphatic carbocycles. The Kier molecular flexibility index (Phi) is 3.00. The molecule has 0 aromatic heterocycles. The molecule has 0 aliphatic rings. The molecule has 0 saturated carbocycles. The van der Waals surface area contributed by atoms with Crippen LogP contribution in [0, 0.1) is 19.7 Å². The van der Waals surface area contributed by atoms with Gasteiger partial charge in [0.05, 0.1) is 0 Å². The third-order valence-electron chi connectivity index (χ3n) is 2.56. The van der Waals surface area contributed by atoms with Gasteiger partial charge in [0.25, 0.3) is 0 Å². The van der Waals surface area contributed by atoms with Crippen LogP contribution in [-0.4, -0.2) is 0 Å². The molecule has 0 aliphatic heterocycles. The van der Waals surface area contributed by atoms with Gasteiger partial charge in [-0.1, -0.05) is 0 Å². The quantitative estimate of drug-likeness (QED) is 0.797. The van der Waals surface area contributed by atoms with E-state index >= 15 is 0 Å². The molecule has 2 rings (SSSR count). The van der Waals surface area contributed by atoms with Gasteiger partial charge in [0.15, 0.2) is 0 Å². The Hall–Kier alpha value is -2.03. The van der Waals surface area contributed by atoms with Gasteiger partial charge < -0.3 is 10.5 Å². The molecule has 0 fully saturated rings. The maximum atomic E-state index is 12.9. The van der Waals surface area contributed by atoms with E-state index in [1.54, 1.807) is 12.1 Å². The fourth-order valence-electron chi connectivity index (χ4n) is 1.63. The number of hydrogen-bond acceptors (Lipinski definition) is 2. The number of hydrogen-bond donors (Lipinski definition) is 1. The van der Waals surface area contributed by atoms with E-state index < -0.39 is 0 Å². The van der Waals surface area contributed by atoms with Crippen molar-refractivity contribution in [2.45, 2.75) is 13.8 Å². The summed E-state index contributed by atoms with van der Waals surface area (Å²) in [6, 6.07) is 9.89. The van der Waals surface area contributed by atoms with Crippen molar-refractivity contribution in [3.63, 3.8) is 0 Å². The molecule has 0 heterocycles. The molecular formula is C14H14FNO. The third-order valence-corrected chi connectivity index (χ3v) is 2.56. The van der Waals surface area contributed by atoms with Crippen LogP contribution in [0.4, 0.5) is 10.1 Å². The zero-order valence-corrected chi connectivity index (χ0v) is 9.83. The normalized spacial score (nSPS) is 10.3. The van der Waals surface area contributed by atoms with Gasteiger partial charge in [0.1, 0.15) is 17.3 Å². The molecule has 0 saturated heterocycles. The number of aryl methyl sites for hydroxylation is 2. The second-order valence-corrected chi connectivity index (χ2v) is 4.04. The highest BCUT2D eigenvalue weighted by Gasteiger charge is 2.05. The SMILES string of the molecule is Cc1cc(N)ccc1Oc1ccc(F)cc1C. The average Bonchev–Trinajstić information content (AvgIpc) is 2.25. The van der Waals surface area contributed by atoms with Crippen molar-refractivity contribution in [2.75, 3.05) is 5.73 Å². The molecule has 0 unspecified atom stereocenters. The van der Waals surface area contributed by atoms with Crippen LogP contribution in [0.5, 0.6) is 11.5 Å². The van der Waals surface area contributed by atoms with E-state index in [9.17, 15) is 4.39 Å². The van der Waals surface area contributed by atoms with E-state index in [2.05, 4.69) is 0 Å². The maximum absolute atomic E-state index is 12.9. The molecular weight excluding hydrogens is 217 g/mol. The van der Waals surface area contributed by atoms with Crippen molar-refractivity contribution >= 4 is 5.69 Å². The molecule has 0 spiro atoms. The summed E-state index contributed by atoms with van der Waals surface area (Å²) >= 11 is 0. The van der Waals surface area contributed by atoms with Crippen LogP contribution in [0.15, 0.2) is 36.4 Å². The predicted molar refractivity (Wildman–Crippen MR) is 66.8 cm³/mol. The number of ether oxygens (including phenoxy) is 1. The lowest BCUT2D eigenvalue weighted by Gasteiger charge is -2.11. The lowest BCUT2D eigenvalue weighted by atomic mass is 10.2. The predicted octanol–water partition coefficient (Wildman–Crippen LogP) is 3.82. The van der Waals surface area contributed by atoms with Gasteiger partial charge in [-0.15, -0.1) is 0 Å². The van der Waals surface area contributed by atoms with Crippen LogP contribution in [0.2, 0.25) is 0 Å². The highest BCUT2D eigenvalue weighted by Crippen LogP contribution is 2.28. The Balaban J connectivity index is 2.31. The maximum Gasteiger partial charge on any atom is 0.130 e. The molecule has 17 heavy (non-hydrogen) atoms. The fraction of sp³-hybridized carbons (Fsp3) is 0.143. The van der Waals surface area contributed by atoms with Gasteiger partial charge in [0, 0.05) is 5.69 Å². The standard InChI is InChI=1S/C14H14FNO/c1-9-7-11(15)3-5-13(9)17-14-6-4-12(16)8-10(14)2/h3-8H,16H2,1-2H3. The number of nitrogen functional groups attached to an aromatic ring is 1. The second-order valence-electron chi connectivity index (χ2n) is 4.04. The largest absolute Gasteiger partial charge is 0.457 e. The molecule has 0 radical (unpaired) electrons. The van der Waals surface area contributed by atoms with E-state index in [1.165, 1.54) is 12.1 Å². The number of rotatable bonds is 2. The average molecular weight is 231 g/mol. The number of halogens is 1. The van der Waals surface area contributed by atoms with Gasteiger partial charge in [-0.25, -0.2) is 4.39 Å². The summed E-state index contributed by atoms with van der Waals surface area (Å²) in [7, 11) is 0. The Labute approximate surface area is 99.8 Å². The Bertz CT molecular complexity index is 502. The zero-order valence-electron chi connectivity index (χ0n) is 9.83. The summed E-state index contributed by atoms with van der Waals surface area (Å²) < 4.78 is 18.7. The smallest absolute Gasteiger partial charge is 0.130 e. The molecule has 2 N–H and O–H groups in total. The van der Waals surface area contributed by atoms with E-state index in [4.69, 9.17) is 10.5 Å². The first-order valence-electron chi connectivity index (χ1n) is 5.36. The van der Waals surface area contributed by atoms with Gasteiger partial charge >= 0.3 is 0 Å². The van der Waals surface area contributed by atoms with Gasteiger partial charge in [-0.2, -0.15) is 0 Å². The summed E-state index contributed by atoms with van der Waals surface area (Å²) in [4.78, 5) is 0. The zero-order chi connectivity index (χ0) is 12.4. The minimum absolute atomic E-state index is 0.260. The van der Waals surface area contributed by atoms with Gasteiger partial charge in [-0.05, 0) is 61.4 Å². The van der Waals surface area contributed by atoms with E-state index in [0.717, 1.165) is 16.9 Å². The molecule has 0 amide bonds. The topological polar surface area (TPSA) is 35.2 Å². The van der Waals surface area contributed by atoms with Crippen molar-refractivity contribution in [1.82, 2.24) is 0 Å². The van der Waals surface area contributed by atoms with Crippen LogP contribution in [0.25, 0.3) is 0 Å². The second kappa shape index (κ2) is 4.45. The summed E-state index contributed by atoms with van der Waals surface area (Å²) in [5.41, 5.74) is 8.08. The first-order chi connectivity index (χ1) is 8.06. The Morgan fingerprint density at radius 2 is 1.53 bits per heavy atom. The van der Waals surface area contributed by atoms with Crippen molar-refractivity contribution in [1.29, 1.82) is 0 Å². The molecule has 2 nitrogen and oxygen atoms in total.